The van der Waals surface area contributed by atoms with Gasteiger partial charge in [0.2, 0.25) is 0 Å². The maximum absolute atomic E-state index is 5.53. The zero-order valence-electron chi connectivity index (χ0n) is 10.7. The maximum Gasteiger partial charge on any atom is 0.181 e. The van der Waals surface area contributed by atoms with Crippen LogP contribution in [0, 0.1) is 11.3 Å². The van der Waals surface area contributed by atoms with E-state index in [4.69, 9.17) is 4.42 Å². The molecule has 2 rings (SSSR count). The summed E-state index contributed by atoms with van der Waals surface area (Å²) in [5.41, 5.74) is 1.50. The number of oxazole rings is 1. The Morgan fingerprint density at radius 2 is 2.25 bits per heavy atom. The molecular weight excluding hydrogens is 200 g/mol. The van der Waals surface area contributed by atoms with E-state index in [1.165, 1.54) is 6.42 Å². The molecule has 1 fully saturated rings. The Kier molecular flexibility index (Phi) is 3.06. The molecule has 90 valence electrons. The molecule has 0 aromatic carbocycles. The molecule has 0 radical (unpaired) electrons. The summed E-state index contributed by atoms with van der Waals surface area (Å²) in [5.74, 6) is 2.35. The van der Waals surface area contributed by atoms with Gasteiger partial charge >= 0.3 is 0 Å². The van der Waals surface area contributed by atoms with Gasteiger partial charge in [-0.1, -0.05) is 27.7 Å². The molecule has 0 spiro atoms. The smallest absolute Gasteiger partial charge is 0.181 e. The van der Waals surface area contributed by atoms with Crippen molar-refractivity contribution in [3.05, 3.63) is 17.8 Å². The van der Waals surface area contributed by atoms with Gasteiger partial charge in [-0.05, 0) is 24.3 Å². The third-order valence-electron chi connectivity index (χ3n) is 3.35. The fourth-order valence-corrected chi connectivity index (χ4v) is 2.09. The monoisotopic (exact) mass is 222 g/mol. The van der Waals surface area contributed by atoms with Gasteiger partial charge in [0.05, 0.1) is 5.69 Å². The molecular formula is C13H22N2O. The Labute approximate surface area is 97.6 Å². The SMILES string of the molecule is CC(C)CNCc1ncoc1C1CC1(C)C. The van der Waals surface area contributed by atoms with Crippen molar-refractivity contribution in [2.24, 2.45) is 11.3 Å². The van der Waals surface area contributed by atoms with Gasteiger partial charge in [0.1, 0.15) is 5.76 Å². The summed E-state index contributed by atoms with van der Waals surface area (Å²) in [5, 5.41) is 3.42. The third-order valence-corrected chi connectivity index (χ3v) is 3.35. The molecule has 0 aliphatic heterocycles. The van der Waals surface area contributed by atoms with E-state index in [2.05, 4.69) is 38.0 Å². The number of nitrogens with zero attached hydrogens (tertiary/aromatic N) is 1. The normalized spacial score (nSPS) is 22.7. The fourth-order valence-electron chi connectivity index (χ4n) is 2.09. The Bertz CT molecular complexity index is 355. The molecule has 1 saturated carbocycles. The minimum absolute atomic E-state index is 0.409. The number of hydrogen-bond acceptors (Lipinski definition) is 3. The van der Waals surface area contributed by atoms with Crippen molar-refractivity contribution >= 4 is 0 Å². The largest absolute Gasteiger partial charge is 0.448 e. The van der Waals surface area contributed by atoms with Gasteiger partial charge in [0.15, 0.2) is 6.39 Å². The van der Waals surface area contributed by atoms with Crippen LogP contribution in [0.3, 0.4) is 0 Å². The van der Waals surface area contributed by atoms with Gasteiger partial charge in [-0.15, -0.1) is 0 Å². The minimum Gasteiger partial charge on any atom is -0.448 e. The van der Waals surface area contributed by atoms with Crippen molar-refractivity contribution in [3.8, 4) is 0 Å². The summed E-state index contributed by atoms with van der Waals surface area (Å²) in [4.78, 5) is 4.31. The predicted octanol–water partition coefficient (Wildman–Crippen LogP) is 2.93. The molecule has 1 atom stereocenters. The fraction of sp³-hybridized carbons (Fsp3) is 0.769. The quantitative estimate of drug-likeness (QED) is 0.832. The molecule has 0 bridgehead atoms. The van der Waals surface area contributed by atoms with Crippen LogP contribution >= 0.6 is 0 Å². The standard InChI is InChI=1S/C13H22N2O/c1-9(2)6-14-7-11-12(16-8-15-11)10-5-13(10,3)4/h8-10,14H,5-7H2,1-4H3. The first-order chi connectivity index (χ1) is 7.50. The average Bonchev–Trinajstić information content (AvgIpc) is 2.60. The average molecular weight is 222 g/mol. The van der Waals surface area contributed by atoms with E-state index in [0.717, 1.165) is 24.5 Å². The second-order valence-electron chi connectivity index (χ2n) is 5.93. The lowest BCUT2D eigenvalue weighted by molar-refractivity contribution is 0.470. The van der Waals surface area contributed by atoms with Crippen LogP contribution in [0.25, 0.3) is 0 Å². The summed E-state index contributed by atoms with van der Waals surface area (Å²) < 4.78 is 5.53. The minimum atomic E-state index is 0.409. The lowest BCUT2D eigenvalue weighted by atomic mass is 10.1. The molecule has 1 aromatic rings. The highest BCUT2D eigenvalue weighted by Crippen LogP contribution is 2.59. The molecule has 1 N–H and O–H groups in total. The number of rotatable bonds is 5. The number of nitrogens with one attached hydrogen (secondary N) is 1. The van der Waals surface area contributed by atoms with Gasteiger partial charge in [0, 0.05) is 12.5 Å². The lowest BCUT2D eigenvalue weighted by Crippen LogP contribution is -2.19. The summed E-state index contributed by atoms with van der Waals surface area (Å²) in [6.07, 6.45) is 2.80. The summed E-state index contributed by atoms with van der Waals surface area (Å²) in [6, 6.07) is 0. The highest BCUT2D eigenvalue weighted by Gasteiger charge is 2.49. The Balaban J connectivity index is 1.93. The Morgan fingerprint density at radius 3 is 2.81 bits per heavy atom. The molecule has 1 aromatic heterocycles. The van der Waals surface area contributed by atoms with Crippen LogP contribution in [0.15, 0.2) is 10.8 Å². The molecule has 1 aliphatic carbocycles. The first-order valence-corrected chi connectivity index (χ1v) is 6.13. The van der Waals surface area contributed by atoms with Crippen LogP contribution < -0.4 is 5.32 Å². The first-order valence-electron chi connectivity index (χ1n) is 6.13. The van der Waals surface area contributed by atoms with Gasteiger partial charge < -0.3 is 9.73 Å². The molecule has 16 heavy (non-hydrogen) atoms. The Morgan fingerprint density at radius 1 is 1.56 bits per heavy atom. The summed E-state index contributed by atoms with van der Waals surface area (Å²) in [6.45, 7) is 10.8. The highest BCUT2D eigenvalue weighted by molar-refractivity contribution is 5.23. The van der Waals surface area contributed by atoms with Crippen LogP contribution in [-0.4, -0.2) is 11.5 Å². The van der Waals surface area contributed by atoms with Crippen molar-refractivity contribution in [1.82, 2.24) is 10.3 Å². The van der Waals surface area contributed by atoms with Gasteiger partial charge in [0.25, 0.3) is 0 Å². The van der Waals surface area contributed by atoms with E-state index in [1.54, 1.807) is 6.39 Å². The number of hydrogen-bond donors (Lipinski definition) is 1. The molecule has 1 unspecified atom stereocenters. The topological polar surface area (TPSA) is 38.1 Å². The Hall–Kier alpha value is -0.830. The maximum atomic E-state index is 5.53. The highest BCUT2D eigenvalue weighted by atomic mass is 16.3. The third kappa shape index (κ3) is 2.46. The number of aromatic nitrogens is 1. The van der Waals surface area contributed by atoms with Crippen molar-refractivity contribution in [2.45, 2.75) is 46.6 Å². The summed E-state index contributed by atoms with van der Waals surface area (Å²) >= 11 is 0. The molecule has 3 nitrogen and oxygen atoms in total. The lowest BCUT2D eigenvalue weighted by Gasteiger charge is -2.07. The van der Waals surface area contributed by atoms with Crippen LogP contribution in [0.1, 0.15) is 51.5 Å². The van der Waals surface area contributed by atoms with E-state index in [-0.39, 0.29) is 0 Å². The van der Waals surface area contributed by atoms with E-state index < -0.39 is 0 Å². The van der Waals surface area contributed by atoms with Crippen LogP contribution in [-0.2, 0) is 6.54 Å². The summed E-state index contributed by atoms with van der Waals surface area (Å²) in [7, 11) is 0. The van der Waals surface area contributed by atoms with E-state index in [9.17, 15) is 0 Å². The van der Waals surface area contributed by atoms with Crippen LogP contribution in [0.4, 0.5) is 0 Å². The van der Waals surface area contributed by atoms with Crippen molar-refractivity contribution in [1.29, 1.82) is 0 Å². The second kappa shape index (κ2) is 4.21. The zero-order valence-corrected chi connectivity index (χ0v) is 10.7. The van der Waals surface area contributed by atoms with Crippen molar-refractivity contribution in [2.75, 3.05) is 6.54 Å². The van der Waals surface area contributed by atoms with Gasteiger partial charge in [-0.25, -0.2) is 4.98 Å². The molecule has 3 heteroatoms. The van der Waals surface area contributed by atoms with E-state index in [0.29, 0.717) is 17.3 Å². The van der Waals surface area contributed by atoms with Crippen molar-refractivity contribution < 1.29 is 4.42 Å². The van der Waals surface area contributed by atoms with Gasteiger partial charge in [-0.2, -0.15) is 0 Å². The second-order valence-corrected chi connectivity index (χ2v) is 5.93. The van der Waals surface area contributed by atoms with E-state index in [1.807, 2.05) is 0 Å². The molecule has 0 saturated heterocycles. The van der Waals surface area contributed by atoms with Crippen LogP contribution in [0.5, 0.6) is 0 Å². The molecule has 1 heterocycles. The van der Waals surface area contributed by atoms with Gasteiger partial charge in [-0.3, -0.25) is 0 Å². The van der Waals surface area contributed by atoms with E-state index >= 15 is 0 Å². The predicted molar refractivity (Wildman–Crippen MR) is 64.2 cm³/mol. The first kappa shape index (κ1) is 11.6. The van der Waals surface area contributed by atoms with Crippen molar-refractivity contribution in [3.63, 3.8) is 0 Å². The van der Waals surface area contributed by atoms with Crippen LogP contribution in [0.2, 0.25) is 0 Å². The zero-order chi connectivity index (χ0) is 11.8. The molecule has 1 aliphatic rings. The molecule has 0 amide bonds.